The Bertz CT molecular complexity index is 869. The summed E-state index contributed by atoms with van der Waals surface area (Å²) in [6.45, 7) is 5.75. The van der Waals surface area contributed by atoms with Crippen LogP contribution in [0.25, 0.3) is 0 Å². The quantitative estimate of drug-likeness (QED) is 0.434. The molecule has 0 unspecified atom stereocenters. The number of rotatable bonds is 5. The van der Waals surface area contributed by atoms with Crippen molar-refractivity contribution in [3.8, 4) is 0 Å². The van der Waals surface area contributed by atoms with Crippen LogP contribution < -0.4 is 10.7 Å². The molecule has 29 heavy (non-hydrogen) atoms. The molecule has 0 atom stereocenters. The maximum absolute atomic E-state index is 14.1. The standard InChI is InChI=1S/C14H11ClF3N3O2.C4H8O2/c1-7-3-12(14(2,17)18)21(19)13(23)20(7)11-4-8(6-22)9(15)5-10(11)16;1-4(5)3-6-2/h3-6H,1,19H2,2H3;3H2,1-2H3. The third-order valence-corrected chi connectivity index (χ3v) is 3.81. The molecule has 158 valence electrons. The summed E-state index contributed by atoms with van der Waals surface area (Å²) in [6.07, 6.45) is 1.22. The van der Waals surface area contributed by atoms with Crippen molar-refractivity contribution in [3.05, 3.63) is 52.6 Å². The van der Waals surface area contributed by atoms with E-state index in [1.54, 1.807) is 0 Å². The number of Topliss-reactive ketones (excluding diaryl/α,β-unsaturated/α-hetero) is 1. The van der Waals surface area contributed by atoms with Crippen LogP contribution in [0.5, 0.6) is 0 Å². The third kappa shape index (κ3) is 5.89. The van der Waals surface area contributed by atoms with E-state index in [2.05, 4.69) is 11.3 Å². The van der Waals surface area contributed by atoms with E-state index in [1.807, 2.05) is 0 Å². The number of allylic oxidation sites excluding steroid dienone is 2. The third-order valence-electron chi connectivity index (χ3n) is 3.48. The molecule has 11 heteroatoms. The number of carbonyl (C=O) groups excluding carboxylic acids is 3. The molecule has 0 aromatic heterocycles. The van der Waals surface area contributed by atoms with Crippen molar-refractivity contribution in [2.24, 2.45) is 5.84 Å². The molecule has 1 aliphatic rings. The summed E-state index contributed by atoms with van der Waals surface area (Å²) >= 11 is 5.68. The number of ketones is 1. The SMILES string of the molecule is C=C1C=C(C(C)(F)F)N(N)C(=O)N1c1cc(C=O)c(Cl)cc1F.COCC(C)=O. The van der Waals surface area contributed by atoms with Gasteiger partial charge in [-0.3, -0.25) is 14.5 Å². The van der Waals surface area contributed by atoms with Gasteiger partial charge in [0.2, 0.25) is 0 Å². The van der Waals surface area contributed by atoms with Crippen LogP contribution in [-0.4, -0.2) is 42.7 Å². The fourth-order valence-corrected chi connectivity index (χ4v) is 2.44. The van der Waals surface area contributed by atoms with Crippen molar-refractivity contribution in [1.29, 1.82) is 0 Å². The molecule has 0 radical (unpaired) electrons. The number of alkyl halides is 2. The first-order chi connectivity index (χ1) is 13.3. The summed E-state index contributed by atoms with van der Waals surface area (Å²) in [6, 6.07) is 0.687. The number of nitrogens with zero attached hydrogens (tertiary/aromatic N) is 2. The van der Waals surface area contributed by atoms with Gasteiger partial charge in [0.1, 0.15) is 18.1 Å². The number of amides is 2. The lowest BCUT2D eigenvalue weighted by molar-refractivity contribution is -0.120. The highest BCUT2D eigenvalue weighted by Gasteiger charge is 2.40. The highest BCUT2D eigenvalue weighted by Crippen LogP contribution is 2.35. The number of hydrogen-bond donors (Lipinski definition) is 1. The molecule has 2 N–H and O–H groups in total. The van der Waals surface area contributed by atoms with E-state index in [1.165, 1.54) is 14.0 Å². The molecule has 0 saturated heterocycles. The van der Waals surface area contributed by atoms with Gasteiger partial charge in [0, 0.05) is 25.3 Å². The highest BCUT2D eigenvalue weighted by molar-refractivity contribution is 6.33. The minimum atomic E-state index is -3.40. The number of halogens is 4. The zero-order valence-corrected chi connectivity index (χ0v) is 16.6. The Labute approximate surface area is 170 Å². The largest absolute Gasteiger partial charge is 0.377 e. The van der Waals surface area contributed by atoms with E-state index in [0.717, 1.165) is 18.2 Å². The number of urea groups is 1. The van der Waals surface area contributed by atoms with Gasteiger partial charge in [-0.05, 0) is 25.1 Å². The van der Waals surface area contributed by atoms with Crippen molar-refractivity contribution in [2.45, 2.75) is 19.8 Å². The van der Waals surface area contributed by atoms with E-state index in [0.29, 0.717) is 18.1 Å². The Morgan fingerprint density at radius 1 is 1.41 bits per heavy atom. The second-order valence-electron chi connectivity index (χ2n) is 5.98. The van der Waals surface area contributed by atoms with Crippen LogP contribution in [0, 0.1) is 5.82 Å². The monoisotopic (exact) mass is 433 g/mol. The Kier molecular flexibility index (Phi) is 8.13. The van der Waals surface area contributed by atoms with Gasteiger partial charge in [-0.25, -0.2) is 20.0 Å². The van der Waals surface area contributed by atoms with Crippen molar-refractivity contribution in [2.75, 3.05) is 18.6 Å². The number of benzene rings is 1. The number of methoxy groups -OCH3 is 1. The number of ether oxygens (including phenoxy) is 1. The van der Waals surface area contributed by atoms with E-state index in [9.17, 15) is 27.6 Å². The number of hydrogen-bond acceptors (Lipinski definition) is 5. The summed E-state index contributed by atoms with van der Waals surface area (Å²) in [5.74, 6) is 1.11. The van der Waals surface area contributed by atoms with Gasteiger partial charge in [-0.1, -0.05) is 18.2 Å². The smallest absolute Gasteiger partial charge is 0.347 e. The number of carbonyl (C=O) groups is 3. The van der Waals surface area contributed by atoms with Crippen molar-refractivity contribution < 1.29 is 32.3 Å². The average Bonchev–Trinajstić information content (AvgIpc) is 2.59. The predicted octanol–water partition coefficient (Wildman–Crippen LogP) is 3.68. The van der Waals surface area contributed by atoms with Crippen LogP contribution in [0.15, 0.2) is 36.2 Å². The van der Waals surface area contributed by atoms with Crippen molar-refractivity contribution in [3.63, 3.8) is 0 Å². The fourth-order valence-electron chi connectivity index (χ4n) is 2.24. The van der Waals surface area contributed by atoms with Crippen LogP contribution in [0.1, 0.15) is 24.2 Å². The normalized spacial score (nSPS) is 14.3. The van der Waals surface area contributed by atoms with Crippen LogP contribution in [0.2, 0.25) is 5.02 Å². The van der Waals surface area contributed by atoms with Gasteiger partial charge in [-0.2, -0.15) is 8.78 Å². The van der Waals surface area contributed by atoms with E-state index < -0.39 is 23.5 Å². The second kappa shape index (κ2) is 9.68. The lowest BCUT2D eigenvalue weighted by Crippen LogP contribution is -2.52. The summed E-state index contributed by atoms with van der Waals surface area (Å²) in [7, 11) is 1.50. The number of anilines is 1. The number of aldehydes is 1. The molecule has 1 aromatic rings. The average molecular weight is 434 g/mol. The molecular formula is C18H19ClF3N3O4. The van der Waals surface area contributed by atoms with Crippen LogP contribution >= 0.6 is 11.6 Å². The Morgan fingerprint density at radius 3 is 2.41 bits per heavy atom. The molecular weight excluding hydrogens is 415 g/mol. The Morgan fingerprint density at radius 2 is 2.00 bits per heavy atom. The molecule has 0 aliphatic carbocycles. The predicted molar refractivity (Wildman–Crippen MR) is 101 cm³/mol. The minimum absolute atomic E-state index is 0.0671. The summed E-state index contributed by atoms with van der Waals surface area (Å²) < 4.78 is 45.4. The van der Waals surface area contributed by atoms with Gasteiger partial charge in [0.05, 0.1) is 10.7 Å². The van der Waals surface area contributed by atoms with Crippen molar-refractivity contribution in [1.82, 2.24) is 5.01 Å². The maximum Gasteiger partial charge on any atom is 0.347 e. The molecule has 0 fully saturated rings. The number of hydrazine groups is 1. The van der Waals surface area contributed by atoms with Gasteiger partial charge < -0.3 is 4.74 Å². The van der Waals surface area contributed by atoms with Crippen molar-refractivity contribution >= 4 is 35.4 Å². The van der Waals surface area contributed by atoms with E-state index in [4.69, 9.17) is 17.4 Å². The summed E-state index contributed by atoms with van der Waals surface area (Å²) in [5, 5.41) is 0.0424. The van der Waals surface area contributed by atoms with Crippen LogP contribution in [0.3, 0.4) is 0 Å². The Hall–Kier alpha value is -2.69. The fraction of sp³-hybridized carbons (Fsp3) is 0.278. The van der Waals surface area contributed by atoms with Gasteiger partial charge in [0.15, 0.2) is 12.1 Å². The molecule has 1 heterocycles. The lowest BCUT2D eigenvalue weighted by Gasteiger charge is -2.35. The summed E-state index contributed by atoms with van der Waals surface area (Å²) in [4.78, 5) is 33.7. The highest BCUT2D eigenvalue weighted by atomic mass is 35.5. The minimum Gasteiger partial charge on any atom is -0.377 e. The van der Waals surface area contributed by atoms with Gasteiger partial charge in [-0.15, -0.1) is 0 Å². The number of nitrogens with two attached hydrogens (primary N) is 1. The van der Waals surface area contributed by atoms with E-state index >= 15 is 0 Å². The van der Waals surface area contributed by atoms with Crippen LogP contribution in [0.4, 0.5) is 23.7 Å². The van der Waals surface area contributed by atoms with E-state index in [-0.39, 0.29) is 39.4 Å². The molecule has 7 nitrogen and oxygen atoms in total. The zero-order chi connectivity index (χ0) is 22.5. The molecule has 1 aliphatic heterocycles. The van der Waals surface area contributed by atoms with Gasteiger partial charge >= 0.3 is 6.03 Å². The molecule has 0 saturated carbocycles. The summed E-state index contributed by atoms with van der Waals surface area (Å²) in [5.41, 5.74) is -1.47. The second-order valence-corrected chi connectivity index (χ2v) is 6.38. The molecule has 2 rings (SSSR count). The molecule has 2 amide bonds. The van der Waals surface area contributed by atoms with Gasteiger partial charge in [0.25, 0.3) is 5.92 Å². The molecule has 1 aromatic carbocycles. The molecule has 0 bridgehead atoms. The van der Waals surface area contributed by atoms with Crippen LogP contribution in [-0.2, 0) is 9.53 Å². The maximum atomic E-state index is 14.1. The first-order valence-electron chi connectivity index (χ1n) is 7.95. The topological polar surface area (TPSA) is 92.9 Å². The first kappa shape index (κ1) is 24.3. The first-order valence-corrected chi connectivity index (χ1v) is 8.33. The lowest BCUT2D eigenvalue weighted by atomic mass is 10.1. The Balaban J connectivity index is 0.000000612. The zero-order valence-electron chi connectivity index (χ0n) is 15.8. The molecule has 0 spiro atoms.